The highest BCUT2D eigenvalue weighted by Crippen LogP contribution is 2.33. The number of benzene rings is 1. The van der Waals surface area contributed by atoms with Crippen molar-refractivity contribution in [3.63, 3.8) is 0 Å². The number of hydrogen-bond donors (Lipinski definition) is 3. The highest BCUT2D eigenvalue weighted by atomic mass is 32.2. The first-order valence-electron chi connectivity index (χ1n) is 8.30. The van der Waals surface area contributed by atoms with Gasteiger partial charge in [0.2, 0.25) is 10.0 Å². The molecule has 0 spiro atoms. The van der Waals surface area contributed by atoms with Crippen molar-refractivity contribution in [2.45, 2.75) is 62.4 Å². The number of aliphatic carboxylic acids is 1. The second-order valence-corrected chi connectivity index (χ2v) is 8.53. The third kappa shape index (κ3) is 5.02. The summed E-state index contributed by atoms with van der Waals surface area (Å²) in [6.07, 6.45) is 2.81. The lowest BCUT2D eigenvalue weighted by molar-refractivity contribution is -0.138. The lowest BCUT2D eigenvalue weighted by atomic mass is 9.92. The average Bonchev–Trinajstić information content (AvgIpc) is 2.93. The van der Waals surface area contributed by atoms with Crippen LogP contribution in [0.3, 0.4) is 0 Å². The SMILES string of the molecule is CC(C)NS(=O)(=O)c1cccc(C(=O)NC2(CC(=O)O)CCCC2)c1. The van der Waals surface area contributed by atoms with Crippen LogP contribution in [0.1, 0.15) is 56.3 Å². The van der Waals surface area contributed by atoms with Crippen molar-refractivity contribution >= 4 is 21.9 Å². The van der Waals surface area contributed by atoms with Gasteiger partial charge >= 0.3 is 5.97 Å². The summed E-state index contributed by atoms with van der Waals surface area (Å²) in [6, 6.07) is 5.49. The fourth-order valence-corrected chi connectivity index (χ4v) is 4.48. The van der Waals surface area contributed by atoms with Crippen molar-refractivity contribution in [3.05, 3.63) is 29.8 Å². The maximum absolute atomic E-state index is 12.6. The standard InChI is InChI=1S/C17H24N2O5S/c1-12(2)19-25(23,24)14-7-5-6-13(10-14)16(22)18-17(11-15(20)21)8-3-4-9-17/h5-7,10,12,19H,3-4,8-9,11H2,1-2H3,(H,18,22)(H,20,21). The third-order valence-corrected chi connectivity index (χ3v) is 5.88. The summed E-state index contributed by atoms with van der Waals surface area (Å²) in [7, 11) is -3.70. The molecule has 1 aliphatic rings. The van der Waals surface area contributed by atoms with Gasteiger partial charge in [-0.1, -0.05) is 18.9 Å². The van der Waals surface area contributed by atoms with E-state index in [9.17, 15) is 18.0 Å². The van der Waals surface area contributed by atoms with E-state index < -0.39 is 27.4 Å². The van der Waals surface area contributed by atoms with Gasteiger partial charge in [0.1, 0.15) is 0 Å². The lowest BCUT2D eigenvalue weighted by Crippen LogP contribution is -2.47. The number of carboxylic acid groups (broad SMARTS) is 1. The minimum absolute atomic E-state index is 0.00700. The summed E-state index contributed by atoms with van der Waals surface area (Å²) in [5.74, 6) is -1.41. The van der Waals surface area contributed by atoms with E-state index in [1.54, 1.807) is 13.8 Å². The number of carbonyl (C=O) groups is 2. The zero-order chi connectivity index (χ0) is 18.7. The highest BCUT2D eigenvalue weighted by molar-refractivity contribution is 7.89. The molecule has 1 saturated carbocycles. The monoisotopic (exact) mass is 368 g/mol. The summed E-state index contributed by atoms with van der Waals surface area (Å²) in [6.45, 7) is 3.42. The first-order chi connectivity index (χ1) is 11.6. The van der Waals surface area contributed by atoms with Crippen molar-refractivity contribution in [2.24, 2.45) is 0 Å². The number of carboxylic acids is 1. The van der Waals surface area contributed by atoms with E-state index in [0.29, 0.717) is 12.8 Å². The molecule has 0 heterocycles. The Bertz CT molecular complexity index is 752. The second-order valence-electron chi connectivity index (χ2n) is 6.82. The number of nitrogens with one attached hydrogen (secondary N) is 2. The van der Waals surface area contributed by atoms with E-state index in [0.717, 1.165) is 12.8 Å². The Hall–Kier alpha value is -1.93. The summed E-state index contributed by atoms with van der Waals surface area (Å²) in [5.41, 5.74) is -0.558. The van der Waals surface area contributed by atoms with Crippen LogP contribution in [0.15, 0.2) is 29.2 Å². The van der Waals surface area contributed by atoms with Crippen molar-refractivity contribution in [1.29, 1.82) is 0 Å². The molecule has 1 aromatic rings. The number of rotatable bonds is 7. The molecule has 8 heteroatoms. The van der Waals surface area contributed by atoms with Crippen LogP contribution in [-0.4, -0.2) is 37.0 Å². The quantitative estimate of drug-likeness (QED) is 0.680. The molecule has 0 aliphatic heterocycles. The van der Waals surface area contributed by atoms with Gasteiger partial charge in [-0.15, -0.1) is 0 Å². The number of hydrogen-bond acceptors (Lipinski definition) is 4. The highest BCUT2D eigenvalue weighted by Gasteiger charge is 2.37. The Morgan fingerprint density at radius 1 is 1.24 bits per heavy atom. The van der Waals surface area contributed by atoms with Crippen LogP contribution in [0.5, 0.6) is 0 Å². The van der Waals surface area contributed by atoms with Crippen molar-refractivity contribution in [3.8, 4) is 0 Å². The number of sulfonamides is 1. The molecule has 0 atom stereocenters. The fraction of sp³-hybridized carbons (Fsp3) is 0.529. The number of carbonyl (C=O) groups excluding carboxylic acids is 1. The number of amides is 1. The molecular weight excluding hydrogens is 344 g/mol. The largest absolute Gasteiger partial charge is 0.481 e. The Labute approximate surface area is 147 Å². The van der Waals surface area contributed by atoms with Gasteiger partial charge in [-0.2, -0.15) is 0 Å². The van der Waals surface area contributed by atoms with Gasteiger partial charge in [-0.3, -0.25) is 9.59 Å². The first kappa shape index (κ1) is 19.4. The van der Waals surface area contributed by atoms with E-state index >= 15 is 0 Å². The smallest absolute Gasteiger partial charge is 0.305 e. The summed E-state index contributed by atoms with van der Waals surface area (Å²) in [4.78, 5) is 23.7. The van der Waals surface area contributed by atoms with E-state index in [-0.39, 0.29) is 22.9 Å². The van der Waals surface area contributed by atoms with Gasteiger partial charge in [-0.25, -0.2) is 13.1 Å². The zero-order valence-electron chi connectivity index (χ0n) is 14.4. The predicted octanol–water partition coefficient (Wildman–Crippen LogP) is 1.89. The van der Waals surface area contributed by atoms with E-state index in [2.05, 4.69) is 10.0 Å². The van der Waals surface area contributed by atoms with Gasteiger partial charge < -0.3 is 10.4 Å². The summed E-state index contributed by atoms with van der Waals surface area (Å²) in [5, 5.41) is 11.9. The molecule has 25 heavy (non-hydrogen) atoms. The van der Waals surface area contributed by atoms with Crippen LogP contribution in [0, 0.1) is 0 Å². The molecule has 1 aromatic carbocycles. The topological polar surface area (TPSA) is 113 Å². The van der Waals surface area contributed by atoms with Crippen molar-refractivity contribution in [2.75, 3.05) is 0 Å². The molecule has 7 nitrogen and oxygen atoms in total. The minimum atomic E-state index is -3.70. The van der Waals surface area contributed by atoms with Crippen LogP contribution in [0.2, 0.25) is 0 Å². The van der Waals surface area contributed by atoms with Crippen LogP contribution in [-0.2, 0) is 14.8 Å². The predicted molar refractivity (Wildman–Crippen MR) is 92.8 cm³/mol. The van der Waals surface area contributed by atoms with Crippen LogP contribution in [0.4, 0.5) is 0 Å². The summed E-state index contributed by atoms with van der Waals surface area (Å²) < 4.78 is 27.0. The Morgan fingerprint density at radius 2 is 1.88 bits per heavy atom. The molecule has 1 aliphatic carbocycles. The molecule has 0 aromatic heterocycles. The van der Waals surface area contributed by atoms with Gasteiger partial charge in [0.25, 0.3) is 5.91 Å². The molecule has 0 unspecified atom stereocenters. The molecule has 138 valence electrons. The van der Waals surface area contributed by atoms with E-state index in [1.165, 1.54) is 24.3 Å². The normalized spacial score (nSPS) is 16.8. The van der Waals surface area contributed by atoms with Crippen LogP contribution < -0.4 is 10.0 Å². The Kier molecular flexibility index (Phi) is 5.84. The molecular formula is C17H24N2O5S. The molecule has 0 radical (unpaired) electrons. The van der Waals surface area contributed by atoms with Crippen molar-refractivity contribution < 1.29 is 23.1 Å². The Balaban J connectivity index is 2.22. The maximum atomic E-state index is 12.6. The van der Waals surface area contributed by atoms with E-state index in [4.69, 9.17) is 5.11 Å². The maximum Gasteiger partial charge on any atom is 0.305 e. The van der Waals surface area contributed by atoms with Crippen LogP contribution in [0.25, 0.3) is 0 Å². The fourth-order valence-electron chi connectivity index (χ4n) is 3.18. The summed E-state index contributed by atoms with van der Waals surface area (Å²) >= 11 is 0. The van der Waals surface area contributed by atoms with E-state index in [1.807, 2.05) is 0 Å². The average molecular weight is 368 g/mol. The van der Waals surface area contributed by atoms with Gasteiger partial charge in [0.15, 0.2) is 0 Å². The first-order valence-corrected chi connectivity index (χ1v) is 9.79. The molecule has 0 bridgehead atoms. The molecule has 3 N–H and O–H groups in total. The molecule has 1 amide bonds. The van der Waals surface area contributed by atoms with Gasteiger partial charge in [0.05, 0.1) is 16.9 Å². The van der Waals surface area contributed by atoms with Crippen molar-refractivity contribution in [1.82, 2.24) is 10.0 Å². The molecule has 2 rings (SSSR count). The second kappa shape index (κ2) is 7.53. The Morgan fingerprint density at radius 3 is 2.44 bits per heavy atom. The lowest BCUT2D eigenvalue weighted by Gasteiger charge is -2.28. The van der Waals surface area contributed by atoms with Crippen LogP contribution >= 0.6 is 0 Å². The molecule has 0 saturated heterocycles. The van der Waals surface area contributed by atoms with Gasteiger partial charge in [-0.05, 0) is 44.9 Å². The third-order valence-electron chi connectivity index (χ3n) is 4.23. The molecule has 1 fully saturated rings. The minimum Gasteiger partial charge on any atom is -0.481 e. The zero-order valence-corrected chi connectivity index (χ0v) is 15.2. The van der Waals surface area contributed by atoms with Gasteiger partial charge in [0, 0.05) is 11.6 Å².